The van der Waals surface area contributed by atoms with E-state index in [1.807, 2.05) is 12.1 Å². The maximum Gasteiger partial charge on any atom is 0.143 e. The van der Waals surface area contributed by atoms with Gasteiger partial charge in [0.15, 0.2) is 0 Å². The summed E-state index contributed by atoms with van der Waals surface area (Å²) < 4.78 is 12.7. The van der Waals surface area contributed by atoms with E-state index >= 15 is 0 Å². The van der Waals surface area contributed by atoms with Crippen LogP contribution in [0.15, 0.2) is 237 Å². The van der Waals surface area contributed by atoms with Crippen molar-refractivity contribution in [2.45, 2.75) is 54.4 Å². The van der Waals surface area contributed by atoms with Crippen LogP contribution in [0.3, 0.4) is 0 Å². The second-order valence-electron chi connectivity index (χ2n) is 19.2. The predicted molar refractivity (Wildman–Crippen MR) is 317 cm³/mol. The highest BCUT2D eigenvalue weighted by Gasteiger charge is 2.22. The molecule has 0 spiro atoms. The lowest BCUT2D eigenvalue weighted by Crippen LogP contribution is -2.13. The highest BCUT2D eigenvalue weighted by molar-refractivity contribution is 5.88. The molecule has 372 valence electrons. The van der Waals surface area contributed by atoms with Crippen LogP contribution in [0.4, 0.5) is 51.2 Å². The minimum atomic E-state index is 0.645. The summed E-state index contributed by atoms with van der Waals surface area (Å²) in [6.45, 7) is 14.3. The smallest absolute Gasteiger partial charge is 0.143 e. The van der Waals surface area contributed by atoms with Crippen molar-refractivity contribution in [1.82, 2.24) is 0 Å². The van der Waals surface area contributed by atoms with Crippen LogP contribution in [0.1, 0.15) is 48.9 Å². The number of hydrogen-bond acceptors (Lipinski definition) is 5. The molecule has 0 N–H and O–H groups in total. The Labute approximate surface area is 444 Å². The average Bonchev–Trinajstić information content (AvgIpc) is 3.45. The first-order valence-electron chi connectivity index (χ1n) is 26.3. The third-order valence-corrected chi connectivity index (χ3v) is 13.9. The predicted octanol–water partition coefficient (Wildman–Crippen LogP) is 19.9. The van der Waals surface area contributed by atoms with Gasteiger partial charge in [-0.15, -0.1) is 0 Å². The Morgan fingerprint density at radius 1 is 0.267 bits per heavy atom. The summed E-state index contributed by atoms with van der Waals surface area (Å²) in [6, 6.07) is 85.1. The molecule has 0 aliphatic carbocycles. The Hall–Kier alpha value is -8.80. The fourth-order valence-corrected chi connectivity index (χ4v) is 9.97. The van der Waals surface area contributed by atoms with E-state index in [9.17, 15) is 0 Å². The van der Waals surface area contributed by atoms with Crippen LogP contribution in [0, 0.1) is 27.7 Å². The lowest BCUT2D eigenvalue weighted by Gasteiger charge is -2.29. The zero-order valence-corrected chi connectivity index (χ0v) is 44.0. The Balaban J connectivity index is 1.08. The average molecular weight is 980 g/mol. The van der Waals surface area contributed by atoms with Crippen LogP contribution in [-0.4, -0.2) is 13.2 Å². The monoisotopic (exact) mass is 980 g/mol. The standard InChI is InChI=1S/C70H65N3O2/c1-7-45-74-69-31-19-17-29-67(69)72(65-27-15-11-23-52(65)5)61-41-35-55(36-42-61)58-47-57(54-33-39-60(40-34-54)71(63-25-13-9-21-50(63)3)64-26-14-10-22-51(64)4)48-59(49-58)56-37-43-62(44-38-56)73(66-28-16-12-24-53(66)6)68-30-18-20-32-70(68)75-46-8-2/h9-44,47-49H,7-8,45-46H2,1-6H3. The van der Waals surface area contributed by atoms with Gasteiger partial charge in [0.2, 0.25) is 0 Å². The molecule has 0 saturated carbocycles. The summed E-state index contributed by atoms with van der Waals surface area (Å²) in [6.07, 6.45) is 1.85. The van der Waals surface area contributed by atoms with E-state index in [2.05, 4.69) is 281 Å². The third-order valence-electron chi connectivity index (χ3n) is 13.9. The molecular weight excluding hydrogens is 915 g/mol. The van der Waals surface area contributed by atoms with E-state index < -0.39 is 0 Å². The van der Waals surface area contributed by atoms with Crippen molar-refractivity contribution in [3.05, 3.63) is 259 Å². The van der Waals surface area contributed by atoms with Crippen LogP contribution in [0.5, 0.6) is 11.5 Å². The number of rotatable bonds is 18. The molecule has 0 aromatic heterocycles. The van der Waals surface area contributed by atoms with Gasteiger partial charge in [0.05, 0.1) is 24.6 Å². The number of para-hydroxylation sites is 8. The summed E-state index contributed by atoms with van der Waals surface area (Å²) >= 11 is 0. The van der Waals surface area contributed by atoms with E-state index in [0.29, 0.717) is 13.2 Å². The number of anilines is 9. The Morgan fingerprint density at radius 3 is 0.773 bits per heavy atom. The molecule has 0 saturated heterocycles. The summed E-state index contributed by atoms with van der Waals surface area (Å²) in [5.41, 5.74) is 21.3. The number of ether oxygens (including phenoxy) is 2. The number of hydrogen-bond donors (Lipinski definition) is 0. The van der Waals surface area contributed by atoms with E-state index in [4.69, 9.17) is 9.47 Å². The molecule has 10 rings (SSSR count). The van der Waals surface area contributed by atoms with Crippen LogP contribution < -0.4 is 24.2 Å². The van der Waals surface area contributed by atoms with Gasteiger partial charge >= 0.3 is 0 Å². The van der Waals surface area contributed by atoms with Gasteiger partial charge in [-0.3, -0.25) is 0 Å². The van der Waals surface area contributed by atoms with Crippen molar-refractivity contribution in [3.63, 3.8) is 0 Å². The van der Waals surface area contributed by atoms with Gasteiger partial charge in [0.1, 0.15) is 11.5 Å². The lowest BCUT2D eigenvalue weighted by molar-refractivity contribution is 0.318. The van der Waals surface area contributed by atoms with Gasteiger partial charge in [0.25, 0.3) is 0 Å². The van der Waals surface area contributed by atoms with Crippen molar-refractivity contribution in [1.29, 1.82) is 0 Å². The molecule has 0 heterocycles. The number of benzene rings is 10. The summed E-state index contributed by atoms with van der Waals surface area (Å²) in [7, 11) is 0. The normalized spacial score (nSPS) is 11.0. The maximum absolute atomic E-state index is 6.37. The van der Waals surface area contributed by atoms with Gasteiger partial charge in [-0.1, -0.05) is 147 Å². The SMILES string of the molecule is CCCOc1ccccc1N(c1ccc(-c2cc(-c3ccc(N(c4ccccc4C)c4ccccc4C)cc3)cc(-c3ccc(N(c4ccccc4C)c4ccccc4OCCC)cc3)c2)cc1)c1ccccc1C. The highest BCUT2D eigenvalue weighted by atomic mass is 16.5. The zero-order chi connectivity index (χ0) is 51.7. The molecule has 0 fully saturated rings. The van der Waals surface area contributed by atoms with Gasteiger partial charge < -0.3 is 24.2 Å². The minimum absolute atomic E-state index is 0.645. The molecule has 0 amide bonds. The molecule has 75 heavy (non-hydrogen) atoms. The molecule has 0 aliphatic heterocycles. The number of nitrogens with zero attached hydrogens (tertiary/aromatic N) is 3. The summed E-state index contributed by atoms with van der Waals surface area (Å²) in [4.78, 5) is 7.02. The molecule has 5 nitrogen and oxygen atoms in total. The van der Waals surface area contributed by atoms with Crippen molar-refractivity contribution in [3.8, 4) is 44.9 Å². The largest absolute Gasteiger partial charge is 0.491 e. The third kappa shape index (κ3) is 10.8. The second-order valence-corrected chi connectivity index (χ2v) is 19.2. The second kappa shape index (κ2) is 23.0. The molecular formula is C70H65N3O2. The molecule has 0 aliphatic rings. The molecule has 0 radical (unpaired) electrons. The Bertz CT molecular complexity index is 3320. The lowest BCUT2D eigenvalue weighted by atomic mass is 9.93. The minimum Gasteiger partial charge on any atom is -0.491 e. The summed E-state index contributed by atoms with van der Waals surface area (Å²) in [5, 5.41) is 0. The van der Waals surface area contributed by atoms with Crippen molar-refractivity contribution in [2.24, 2.45) is 0 Å². The fraction of sp³-hybridized carbons (Fsp3) is 0.143. The molecule has 10 aromatic carbocycles. The van der Waals surface area contributed by atoms with E-state index in [-0.39, 0.29) is 0 Å². The quantitative estimate of drug-likeness (QED) is 0.0854. The Morgan fingerprint density at radius 2 is 0.507 bits per heavy atom. The van der Waals surface area contributed by atoms with Crippen LogP contribution >= 0.6 is 0 Å². The fourth-order valence-electron chi connectivity index (χ4n) is 9.97. The first kappa shape index (κ1) is 49.8. The molecule has 0 unspecified atom stereocenters. The van der Waals surface area contributed by atoms with Gasteiger partial charge in [-0.25, -0.2) is 0 Å². The first-order chi connectivity index (χ1) is 36.8. The van der Waals surface area contributed by atoms with E-state index in [1.165, 1.54) is 22.3 Å². The van der Waals surface area contributed by atoms with E-state index in [1.54, 1.807) is 0 Å². The molecule has 5 heteroatoms. The first-order valence-corrected chi connectivity index (χ1v) is 26.3. The van der Waals surface area contributed by atoms with Gasteiger partial charge in [0, 0.05) is 39.8 Å². The summed E-state index contributed by atoms with van der Waals surface area (Å²) in [5.74, 6) is 1.72. The molecule has 10 aromatic rings. The van der Waals surface area contributed by atoms with Crippen LogP contribution in [-0.2, 0) is 0 Å². The topological polar surface area (TPSA) is 28.2 Å². The highest BCUT2D eigenvalue weighted by Crippen LogP contribution is 2.45. The van der Waals surface area contributed by atoms with E-state index in [0.717, 1.165) is 109 Å². The van der Waals surface area contributed by atoms with Crippen molar-refractivity contribution in [2.75, 3.05) is 27.9 Å². The Kier molecular flexibility index (Phi) is 15.2. The molecule has 0 bridgehead atoms. The van der Waals surface area contributed by atoms with Crippen molar-refractivity contribution < 1.29 is 9.47 Å². The van der Waals surface area contributed by atoms with Gasteiger partial charge in [-0.05, 0) is 199 Å². The molecule has 0 atom stereocenters. The van der Waals surface area contributed by atoms with Gasteiger partial charge in [-0.2, -0.15) is 0 Å². The van der Waals surface area contributed by atoms with Crippen molar-refractivity contribution >= 4 is 51.2 Å². The van der Waals surface area contributed by atoms with Crippen LogP contribution in [0.25, 0.3) is 33.4 Å². The number of aryl methyl sites for hydroxylation is 4. The zero-order valence-electron chi connectivity index (χ0n) is 44.0. The van der Waals surface area contributed by atoms with Crippen LogP contribution in [0.2, 0.25) is 0 Å². The maximum atomic E-state index is 6.37.